The van der Waals surface area contributed by atoms with Gasteiger partial charge < -0.3 is 5.11 Å². The molecule has 0 amide bonds. The Morgan fingerprint density at radius 1 is 1.56 bits per heavy atom. The fourth-order valence-electron chi connectivity index (χ4n) is 1.24. The predicted octanol–water partition coefficient (Wildman–Crippen LogP) is 0.981. The van der Waals surface area contributed by atoms with Gasteiger partial charge in [-0.1, -0.05) is 0 Å². The SMILES string of the molecule is Cn1ccc(NS(=O)(=O)c2csc(C(=O)O)c2)n1. The number of rotatable bonds is 4. The molecule has 0 saturated heterocycles. The molecule has 9 heteroatoms. The zero-order chi connectivity index (χ0) is 13.3. The van der Waals surface area contributed by atoms with Crippen molar-refractivity contribution in [2.24, 2.45) is 7.05 Å². The van der Waals surface area contributed by atoms with Crippen LogP contribution in [-0.2, 0) is 17.1 Å². The summed E-state index contributed by atoms with van der Waals surface area (Å²) in [5, 5.41) is 13.9. The van der Waals surface area contributed by atoms with Gasteiger partial charge in [0.25, 0.3) is 10.0 Å². The summed E-state index contributed by atoms with van der Waals surface area (Å²) in [5.74, 6) is -0.972. The smallest absolute Gasteiger partial charge is 0.345 e. The number of carboxylic acid groups (broad SMARTS) is 1. The Morgan fingerprint density at radius 2 is 2.28 bits per heavy atom. The van der Waals surface area contributed by atoms with Gasteiger partial charge in [0.1, 0.15) is 4.88 Å². The Balaban J connectivity index is 2.27. The quantitative estimate of drug-likeness (QED) is 0.873. The molecule has 0 radical (unpaired) electrons. The number of anilines is 1. The van der Waals surface area contributed by atoms with E-state index in [1.54, 1.807) is 13.2 Å². The van der Waals surface area contributed by atoms with E-state index < -0.39 is 16.0 Å². The molecule has 0 atom stereocenters. The minimum atomic E-state index is -3.79. The number of carbonyl (C=O) groups is 1. The third-order valence-electron chi connectivity index (χ3n) is 2.05. The van der Waals surface area contributed by atoms with Gasteiger partial charge in [0.2, 0.25) is 0 Å². The molecule has 0 aliphatic rings. The fraction of sp³-hybridized carbons (Fsp3) is 0.111. The molecule has 0 bridgehead atoms. The molecule has 7 nitrogen and oxygen atoms in total. The van der Waals surface area contributed by atoms with E-state index in [1.807, 2.05) is 0 Å². The van der Waals surface area contributed by atoms with Gasteiger partial charge in [-0.25, -0.2) is 13.2 Å². The molecule has 0 aliphatic carbocycles. The van der Waals surface area contributed by atoms with Gasteiger partial charge in [-0.2, -0.15) is 5.10 Å². The summed E-state index contributed by atoms with van der Waals surface area (Å²) in [7, 11) is -2.13. The topological polar surface area (TPSA) is 101 Å². The highest BCUT2D eigenvalue weighted by molar-refractivity contribution is 7.92. The second-order valence-corrected chi connectivity index (χ2v) is 6.03. The second kappa shape index (κ2) is 4.42. The number of nitrogens with zero attached hydrogens (tertiary/aromatic N) is 2. The summed E-state index contributed by atoms with van der Waals surface area (Å²) in [5.41, 5.74) is 0. The molecule has 0 fully saturated rings. The molecule has 2 N–H and O–H groups in total. The van der Waals surface area contributed by atoms with Gasteiger partial charge in [0.15, 0.2) is 5.82 Å². The van der Waals surface area contributed by atoms with Crippen LogP contribution in [0.4, 0.5) is 5.82 Å². The number of carboxylic acids is 1. The van der Waals surface area contributed by atoms with E-state index >= 15 is 0 Å². The van der Waals surface area contributed by atoms with Crippen molar-refractivity contribution in [1.82, 2.24) is 9.78 Å². The molecule has 0 saturated carbocycles. The molecule has 0 spiro atoms. The lowest BCUT2D eigenvalue weighted by Crippen LogP contribution is -2.12. The molecule has 2 heterocycles. The van der Waals surface area contributed by atoms with E-state index in [0.717, 1.165) is 17.4 Å². The van der Waals surface area contributed by atoms with Crippen LogP contribution in [0.3, 0.4) is 0 Å². The molecular formula is C9H9N3O4S2. The van der Waals surface area contributed by atoms with Crippen molar-refractivity contribution in [3.8, 4) is 0 Å². The minimum absolute atomic E-state index is 0.0311. The summed E-state index contributed by atoms with van der Waals surface area (Å²) < 4.78 is 27.5. The number of hydrogen-bond acceptors (Lipinski definition) is 5. The monoisotopic (exact) mass is 287 g/mol. The Hall–Kier alpha value is -1.87. The highest BCUT2D eigenvalue weighted by atomic mass is 32.2. The van der Waals surface area contributed by atoms with Crippen molar-refractivity contribution in [2.45, 2.75) is 4.90 Å². The summed E-state index contributed by atoms with van der Waals surface area (Å²) in [6.07, 6.45) is 1.59. The van der Waals surface area contributed by atoms with Crippen molar-refractivity contribution < 1.29 is 18.3 Å². The Bertz CT molecular complexity index is 686. The van der Waals surface area contributed by atoms with Gasteiger partial charge in [0, 0.05) is 24.7 Å². The maximum Gasteiger partial charge on any atom is 0.345 e. The van der Waals surface area contributed by atoms with E-state index in [0.29, 0.717) is 0 Å². The highest BCUT2D eigenvalue weighted by Gasteiger charge is 2.19. The summed E-state index contributed by atoms with van der Waals surface area (Å²) in [6.45, 7) is 0. The van der Waals surface area contributed by atoms with Crippen LogP contribution >= 0.6 is 11.3 Å². The third kappa shape index (κ3) is 2.51. The second-order valence-electron chi connectivity index (χ2n) is 3.43. The van der Waals surface area contributed by atoms with E-state index in [2.05, 4.69) is 9.82 Å². The zero-order valence-electron chi connectivity index (χ0n) is 9.19. The van der Waals surface area contributed by atoms with Crippen LogP contribution in [0, 0.1) is 0 Å². The van der Waals surface area contributed by atoms with Crippen molar-refractivity contribution in [3.63, 3.8) is 0 Å². The standard InChI is InChI=1S/C9H9N3O4S2/c1-12-3-2-8(10-12)11-18(15,16)6-4-7(9(13)14)17-5-6/h2-5H,1H3,(H,10,11)(H,13,14). The van der Waals surface area contributed by atoms with E-state index in [4.69, 9.17) is 5.11 Å². The largest absolute Gasteiger partial charge is 0.477 e. The van der Waals surface area contributed by atoms with Crippen LogP contribution in [0.1, 0.15) is 9.67 Å². The number of thiophene rings is 1. The number of sulfonamides is 1. The molecule has 0 aliphatic heterocycles. The lowest BCUT2D eigenvalue weighted by Gasteiger charge is -2.02. The van der Waals surface area contributed by atoms with Gasteiger partial charge in [-0.15, -0.1) is 11.3 Å². The minimum Gasteiger partial charge on any atom is -0.477 e. The molecule has 0 aromatic carbocycles. The number of aromatic carboxylic acids is 1. The Kier molecular flexibility index (Phi) is 3.09. The summed E-state index contributed by atoms with van der Waals surface area (Å²) in [6, 6.07) is 2.61. The van der Waals surface area contributed by atoms with E-state index in [9.17, 15) is 13.2 Å². The molecule has 2 rings (SSSR count). The van der Waals surface area contributed by atoms with Crippen LogP contribution in [0.2, 0.25) is 0 Å². The Labute approximate surface area is 107 Å². The molecule has 0 unspecified atom stereocenters. The molecule has 96 valence electrons. The van der Waals surface area contributed by atoms with Crippen LogP contribution in [0.25, 0.3) is 0 Å². The zero-order valence-corrected chi connectivity index (χ0v) is 10.8. The lowest BCUT2D eigenvalue weighted by atomic mass is 10.5. The lowest BCUT2D eigenvalue weighted by molar-refractivity contribution is 0.0702. The average Bonchev–Trinajstić information content (AvgIpc) is 2.86. The first-order valence-electron chi connectivity index (χ1n) is 4.73. The van der Waals surface area contributed by atoms with Crippen LogP contribution in [-0.4, -0.2) is 29.3 Å². The maximum atomic E-state index is 11.9. The first kappa shape index (κ1) is 12.6. The number of aryl methyl sites for hydroxylation is 1. The van der Waals surface area contributed by atoms with Crippen LogP contribution in [0.5, 0.6) is 0 Å². The van der Waals surface area contributed by atoms with Gasteiger partial charge in [-0.3, -0.25) is 9.40 Å². The van der Waals surface area contributed by atoms with E-state index in [1.165, 1.54) is 16.1 Å². The van der Waals surface area contributed by atoms with Gasteiger partial charge >= 0.3 is 5.97 Å². The molecule has 2 aromatic heterocycles. The number of hydrogen-bond donors (Lipinski definition) is 2. The van der Waals surface area contributed by atoms with E-state index in [-0.39, 0.29) is 15.6 Å². The van der Waals surface area contributed by atoms with Crippen molar-refractivity contribution in [1.29, 1.82) is 0 Å². The van der Waals surface area contributed by atoms with Crippen LogP contribution in [0.15, 0.2) is 28.6 Å². The predicted molar refractivity (Wildman–Crippen MR) is 65.3 cm³/mol. The molecule has 2 aromatic rings. The van der Waals surface area contributed by atoms with Crippen molar-refractivity contribution >= 4 is 33.1 Å². The Morgan fingerprint density at radius 3 is 2.78 bits per heavy atom. The molecular weight excluding hydrogens is 278 g/mol. The highest BCUT2D eigenvalue weighted by Crippen LogP contribution is 2.21. The van der Waals surface area contributed by atoms with Crippen molar-refractivity contribution in [3.05, 3.63) is 28.6 Å². The average molecular weight is 287 g/mol. The van der Waals surface area contributed by atoms with Gasteiger partial charge in [-0.05, 0) is 6.07 Å². The van der Waals surface area contributed by atoms with Crippen molar-refractivity contribution in [2.75, 3.05) is 4.72 Å². The fourth-order valence-corrected chi connectivity index (χ4v) is 3.35. The summed E-state index contributed by atoms with van der Waals surface area (Å²) in [4.78, 5) is 10.6. The maximum absolute atomic E-state index is 11.9. The summed E-state index contributed by atoms with van der Waals surface area (Å²) >= 11 is 0.856. The first-order valence-corrected chi connectivity index (χ1v) is 7.09. The number of aromatic nitrogens is 2. The molecule has 18 heavy (non-hydrogen) atoms. The first-order chi connectivity index (χ1) is 8.38. The van der Waals surface area contributed by atoms with Gasteiger partial charge in [0.05, 0.1) is 4.90 Å². The number of nitrogens with one attached hydrogen (secondary N) is 1. The normalized spacial score (nSPS) is 11.4. The third-order valence-corrected chi connectivity index (χ3v) is 4.45. The van der Waals surface area contributed by atoms with Crippen LogP contribution < -0.4 is 4.72 Å².